The standard InChI is InChI=1S/C27H31N9O/c1-34(2)10-11-37-19-12-18(15-28-16-19)23-13-20-25(17-30-23)32-33-26(20)24-14-21-22(31-24)4-5-29-27(21)36-8-6-35(3)7-9-36/h4-5,12-17,31H,6-11H2,1-3H3,(H,32,33). The summed E-state index contributed by atoms with van der Waals surface area (Å²) in [7, 11) is 6.21. The fourth-order valence-corrected chi connectivity index (χ4v) is 4.70. The Hall–Kier alpha value is -4.02. The van der Waals surface area contributed by atoms with Crippen molar-refractivity contribution in [2.45, 2.75) is 0 Å². The Bertz CT molecular complexity index is 1530. The summed E-state index contributed by atoms with van der Waals surface area (Å²) in [5.74, 6) is 1.75. The monoisotopic (exact) mass is 497 g/mol. The van der Waals surface area contributed by atoms with Gasteiger partial charge in [0, 0.05) is 61.5 Å². The van der Waals surface area contributed by atoms with Crippen molar-refractivity contribution in [1.82, 2.24) is 39.9 Å². The van der Waals surface area contributed by atoms with E-state index in [4.69, 9.17) is 9.72 Å². The number of likely N-dealkylation sites (N-methyl/N-ethyl adjacent to an activating group) is 2. The molecule has 37 heavy (non-hydrogen) atoms. The lowest BCUT2D eigenvalue weighted by Gasteiger charge is -2.33. The molecule has 6 rings (SSSR count). The highest BCUT2D eigenvalue weighted by atomic mass is 16.5. The van der Waals surface area contributed by atoms with Crippen molar-refractivity contribution in [3.63, 3.8) is 0 Å². The highest BCUT2D eigenvalue weighted by Crippen LogP contribution is 2.34. The Morgan fingerprint density at radius 2 is 1.84 bits per heavy atom. The minimum absolute atomic E-state index is 0.599. The second-order valence-electron chi connectivity index (χ2n) is 9.82. The maximum atomic E-state index is 5.88. The van der Waals surface area contributed by atoms with Crippen molar-refractivity contribution in [2.24, 2.45) is 0 Å². The number of ether oxygens (including phenoxy) is 1. The largest absolute Gasteiger partial charge is 0.491 e. The molecule has 1 fully saturated rings. The van der Waals surface area contributed by atoms with Crippen molar-refractivity contribution in [2.75, 3.05) is 65.4 Å². The zero-order valence-corrected chi connectivity index (χ0v) is 21.4. The maximum Gasteiger partial charge on any atom is 0.138 e. The van der Waals surface area contributed by atoms with Gasteiger partial charge < -0.3 is 24.4 Å². The molecule has 1 aliphatic heterocycles. The molecule has 0 aliphatic carbocycles. The minimum Gasteiger partial charge on any atom is -0.491 e. The van der Waals surface area contributed by atoms with Crippen molar-refractivity contribution in [1.29, 1.82) is 0 Å². The Morgan fingerprint density at radius 1 is 0.973 bits per heavy atom. The summed E-state index contributed by atoms with van der Waals surface area (Å²) in [4.78, 5) is 24.1. The summed E-state index contributed by atoms with van der Waals surface area (Å²) < 4.78 is 5.88. The molecule has 6 heterocycles. The molecular formula is C27H31N9O. The molecule has 0 saturated carbocycles. The van der Waals surface area contributed by atoms with Gasteiger partial charge in [0.1, 0.15) is 23.9 Å². The molecule has 0 spiro atoms. The molecule has 0 amide bonds. The predicted octanol–water partition coefficient (Wildman–Crippen LogP) is 3.26. The molecule has 0 aromatic carbocycles. The zero-order valence-electron chi connectivity index (χ0n) is 21.4. The van der Waals surface area contributed by atoms with Gasteiger partial charge in [0.05, 0.1) is 34.8 Å². The van der Waals surface area contributed by atoms with Gasteiger partial charge in [0.2, 0.25) is 0 Å². The van der Waals surface area contributed by atoms with Crippen LogP contribution in [-0.2, 0) is 0 Å². The summed E-state index contributed by atoms with van der Waals surface area (Å²) in [6.45, 7) is 5.44. The Balaban J connectivity index is 1.33. The van der Waals surface area contributed by atoms with Gasteiger partial charge in [-0.1, -0.05) is 0 Å². The molecule has 10 heteroatoms. The van der Waals surface area contributed by atoms with Gasteiger partial charge in [-0.15, -0.1) is 0 Å². The van der Waals surface area contributed by atoms with Crippen molar-refractivity contribution < 1.29 is 4.74 Å². The molecule has 0 unspecified atom stereocenters. The summed E-state index contributed by atoms with van der Waals surface area (Å²) >= 11 is 0. The highest BCUT2D eigenvalue weighted by Gasteiger charge is 2.20. The fraction of sp³-hybridized carbons (Fsp3) is 0.333. The van der Waals surface area contributed by atoms with E-state index in [1.165, 1.54) is 0 Å². The molecule has 190 valence electrons. The van der Waals surface area contributed by atoms with Crippen LogP contribution in [0.3, 0.4) is 0 Å². The van der Waals surface area contributed by atoms with Gasteiger partial charge in [-0.05, 0) is 45.4 Å². The van der Waals surface area contributed by atoms with Crippen molar-refractivity contribution in [3.05, 3.63) is 49.1 Å². The number of hydrogen-bond acceptors (Lipinski definition) is 8. The van der Waals surface area contributed by atoms with E-state index in [-0.39, 0.29) is 0 Å². The first-order chi connectivity index (χ1) is 18.0. The van der Waals surface area contributed by atoms with Gasteiger partial charge in [-0.25, -0.2) is 4.98 Å². The number of piperazine rings is 1. The maximum absolute atomic E-state index is 5.88. The lowest BCUT2D eigenvalue weighted by atomic mass is 10.1. The molecule has 10 nitrogen and oxygen atoms in total. The van der Waals surface area contributed by atoms with Gasteiger partial charge in [0.25, 0.3) is 0 Å². The number of aromatic nitrogens is 6. The Kier molecular flexibility index (Phi) is 6.19. The average Bonchev–Trinajstić information content (AvgIpc) is 3.53. The number of nitrogens with zero attached hydrogens (tertiary/aromatic N) is 7. The summed E-state index contributed by atoms with van der Waals surface area (Å²) in [6.07, 6.45) is 7.24. The Labute approximate surface area is 215 Å². The van der Waals surface area contributed by atoms with Crippen LogP contribution < -0.4 is 9.64 Å². The molecule has 0 atom stereocenters. The SMILES string of the molecule is CN(C)CCOc1cncc(-c2cc3c(-c4cc5c(N6CCN(C)CC6)nccc5[nH]4)n[nH]c3cn2)c1. The summed E-state index contributed by atoms with van der Waals surface area (Å²) in [6, 6.07) is 8.22. The van der Waals surface area contributed by atoms with Crippen LogP contribution in [0.25, 0.3) is 44.5 Å². The third-order valence-corrected chi connectivity index (χ3v) is 6.85. The van der Waals surface area contributed by atoms with Crippen LogP contribution in [-0.4, -0.2) is 100 Å². The number of hydrogen-bond donors (Lipinski definition) is 2. The number of aromatic amines is 2. The van der Waals surface area contributed by atoms with Crippen LogP contribution in [0.15, 0.2) is 49.1 Å². The van der Waals surface area contributed by atoms with E-state index in [0.29, 0.717) is 6.61 Å². The van der Waals surface area contributed by atoms with E-state index >= 15 is 0 Å². The fourth-order valence-electron chi connectivity index (χ4n) is 4.70. The number of fused-ring (bicyclic) bond motifs is 2. The quantitative estimate of drug-likeness (QED) is 0.353. The Morgan fingerprint density at radius 3 is 2.68 bits per heavy atom. The van der Waals surface area contributed by atoms with Crippen molar-refractivity contribution in [3.8, 4) is 28.4 Å². The molecule has 1 aliphatic rings. The smallest absolute Gasteiger partial charge is 0.138 e. The lowest BCUT2D eigenvalue weighted by molar-refractivity contribution is 0.261. The van der Waals surface area contributed by atoms with Crippen LogP contribution >= 0.6 is 0 Å². The second kappa shape index (κ2) is 9.79. The molecular weight excluding hydrogens is 466 g/mol. The van der Waals surface area contributed by atoms with Crippen LogP contribution in [0.4, 0.5) is 5.82 Å². The molecule has 1 saturated heterocycles. The van der Waals surface area contributed by atoms with Gasteiger partial charge >= 0.3 is 0 Å². The lowest BCUT2D eigenvalue weighted by Crippen LogP contribution is -2.44. The second-order valence-corrected chi connectivity index (χ2v) is 9.82. The molecule has 2 N–H and O–H groups in total. The van der Waals surface area contributed by atoms with Gasteiger partial charge in [-0.2, -0.15) is 5.10 Å². The molecule has 5 aromatic rings. The molecule has 0 bridgehead atoms. The third kappa shape index (κ3) is 4.73. The van der Waals surface area contributed by atoms with Gasteiger partial charge in [0.15, 0.2) is 0 Å². The topological polar surface area (TPSA) is 102 Å². The minimum atomic E-state index is 0.599. The summed E-state index contributed by atoms with van der Waals surface area (Å²) in [5.41, 5.74) is 5.44. The molecule has 5 aromatic heterocycles. The van der Waals surface area contributed by atoms with E-state index in [2.05, 4.69) is 59.0 Å². The number of H-pyrrole nitrogens is 2. The van der Waals surface area contributed by atoms with Crippen molar-refractivity contribution >= 4 is 27.6 Å². The van der Waals surface area contributed by atoms with E-state index in [9.17, 15) is 0 Å². The van der Waals surface area contributed by atoms with Gasteiger partial charge in [-0.3, -0.25) is 15.1 Å². The highest BCUT2D eigenvalue weighted by molar-refractivity contribution is 5.99. The average molecular weight is 498 g/mol. The van der Waals surface area contributed by atoms with Crippen LogP contribution in [0.2, 0.25) is 0 Å². The first-order valence-corrected chi connectivity index (χ1v) is 12.5. The first kappa shape index (κ1) is 23.4. The number of anilines is 1. The van der Waals surface area contributed by atoms with Crippen LogP contribution in [0.1, 0.15) is 0 Å². The predicted molar refractivity (Wildman–Crippen MR) is 146 cm³/mol. The van der Waals surface area contributed by atoms with Crippen LogP contribution in [0, 0.1) is 0 Å². The third-order valence-electron chi connectivity index (χ3n) is 6.85. The van der Waals surface area contributed by atoms with E-state index < -0.39 is 0 Å². The van der Waals surface area contributed by atoms with E-state index in [0.717, 1.165) is 88.7 Å². The normalized spacial score (nSPS) is 14.8. The molecule has 0 radical (unpaired) electrons. The number of rotatable bonds is 7. The zero-order chi connectivity index (χ0) is 25.4. The van der Waals surface area contributed by atoms with E-state index in [1.54, 1.807) is 6.20 Å². The van der Waals surface area contributed by atoms with E-state index in [1.807, 2.05) is 44.8 Å². The number of nitrogens with one attached hydrogen (secondary N) is 2. The number of pyridine rings is 3. The summed E-state index contributed by atoms with van der Waals surface area (Å²) in [5, 5.41) is 9.87. The van der Waals surface area contributed by atoms with Crippen LogP contribution in [0.5, 0.6) is 5.75 Å². The first-order valence-electron chi connectivity index (χ1n) is 12.5.